The summed E-state index contributed by atoms with van der Waals surface area (Å²) in [5.41, 5.74) is 12.2. The molecule has 0 spiro atoms. The molecule has 0 saturated carbocycles. The molecule has 20 nitrogen and oxygen atoms in total. The fourth-order valence-electron chi connectivity index (χ4n) is 6.53. The second-order valence-electron chi connectivity index (χ2n) is 15.7. The molecular formula is C48H51N7O13. The van der Waals surface area contributed by atoms with Gasteiger partial charge in [-0.1, -0.05) is 30.3 Å². The second kappa shape index (κ2) is 22.6. The molecule has 0 radical (unpaired) electrons. The summed E-state index contributed by atoms with van der Waals surface area (Å²) in [6.45, 7) is 6.55. The molecule has 20 heteroatoms. The molecule has 0 saturated heterocycles. The Bertz CT molecular complexity index is 2680. The van der Waals surface area contributed by atoms with Crippen molar-refractivity contribution in [3.8, 4) is 23.0 Å². The van der Waals surface area contributed by atoms with Crippen LogP contribution in [0.3, 0.4) is 0 Å². The molecule has 5 aromatic rings. The number of nitrogens with two attached hydrogens (primary N) is 2. The molecule has 356 valence electrons. The summed E-state index contributed by atoms with van der Waals surface area (Å²) >= 11 is 0. The molecule has 68 heavy (non-hydrogen) atoms. The summed E-state index contributed by atoms with van der Waals surface area (Å²) in [5, 5.41) is 44.2. The van der Waals surface area contributed by atoms with E-state index in [0.29, 0.717) is 12.1 Å². The minimum atomic E-state index is -1.64. The van der Waals surface area contributed by atoms with Crippen LogP contribution in [0.25, 0.3) is 0 Å². The summed E-state index contributed by atoms with van der Waals surface area (Å²) in [4.78, 5) is 90.6. The van der Waals surface area contributed by atoms with Crippen molar-refractivity contribution in [2.45, 2.75) is 64.5 Å². The maximum Gasteiger partial charge on any atom is 0.339 e. The number of carboxylic acids is 1. The van der Waals surface area contributed by atoms with E-state index in [1.54, 1.807) is 27.7 Å². The van der Waals surface area contributed by atoms with Crippen molar-refractivity contribution in [3.63, 3.8) is 0 Å². The van der Waals surface area contributed by atoms with E-state index in [0.717, 1.165) is 18.7 Å². The number of carbonyl (C=O) groups excluding carboxylic acids is 6. The number of carbonyl (C=O) groups is 7. The van der Waals surface area contributed by atoms with Gasteiger partial charge in [-0.15, -0.1) is 0 Å². The number of nitrogens with one attached hydrogen (secondary N) is 5. The molecule has 0 aliphatic heterocycles. The van der Waals surface area contributed by atoms with Crippen molar-refractivity contribution >= 4 is 64.2 Å². The third-order valence-corrected chi connectivity index (χ3v) is 9.81. The molecule has 0 heterocycles. The van der Waals surface area contributed by atoms with Crippen LogP contribution in [0.15, 0.2) is 103 Å². The van der Waals surface area contributed by atoms with Gasteiger partial charge >= 0.3 is 5.97 Å². The number of methoxy groups -OCH3 is 1. The quantitative estimate of drug-likeness (QED) is 0.0509. The fourth-order valence-corrected chi connectivity index (χ4v) is 6.53. The number of benzene rings is 5. The van der Waals surface area contributed by atoms with Crippen molar-refractivity contribution in [3.05, 3.63) is 131 Å². The molecule has 0 aromatic heterocycles. The van der Waals surface area contributed by atoms with Gasteiger partial charge in [0.2, 0.25) is 17.7 Å². The number of carboxylic acid groups (broad SMARTS) is 1. The highest BCUT2D eigenvalue weighted by Crippen LogP contribution is 2.41. The zero-order chi connectivity index (χ0) is 49.8. The lowest BCUT2D eigenvalue weighted by Gasteiger charge is -2.24. The van der Waals surface area contributed by atoms with Gasteiger partial charge in [-0.25, -0.2) is 4.79 Å². The average molecular weight is 934 g/mol. The molecular weight excluding hydrogens is 883 g/mol. The van der Waals surface area contributed by atoms with Gasteiger partial charge in [0.25, 0.3) is 17.7 Å². The molecule has 0 fully saturated rings. The number of hydrogen-bond acceptors (Lipinski definition) is 13. The van der Waals surface area contributed by atoms with Gasteiger partial charge in [0, 0.05) is 29.6 Å². The Morgan fingerprint density at radius 2 is 1.06 bits per heavy atom. The number of amides is 6. The Balaban J connectivity index is 1.26. The standard InChI is InChI=1S/C48H51N7O13/c1-24(2)67-39-34(21-19-31(37(39)56)45(61)54-35-22-20-32(48(64)65)38(57)40(35)68-25(3)4)53-43(59)27-11-17-30(18-12-27)52-47(63)36(41(66-5)42(50)58)55-44(60)28-13-15-29(16-14-28)51-46(62)33(49)23-26-9-7-6-8-10-26/h6-22,24-25,33,36,41,56-57H,23,49H2,1-5H3,(H2,50,58)(H,51,62)(H,52,63)(H,53,59)(H,54,61)(H,55,60)(H,64,65). The van der Waals surface area contributed by atoms with Gasteiger partial charge in [-0.05, 0) is 112 Å². The second-order valence-corrected chi connectivity index (χ2v) is 15.7. The first-order valence-electron chi connectivity index (χ1n) is 20.9. The monoisotopic (exact) mass is 933 g/mol. The van der Waals surface area contributed by atoms with Crippen LogP contribution in [0.4, 0.5) is 22.7 Å². The summed E-state index contributed by atoms with van der Waals surface area (Å²) in [6.07, 6.45) is -2.39. The fraction of sp³-hybridized carbons (Fsp3) is 0.229. The molecule has 5 aromatic carbocycles. The summed E-state index contributed by atoms with van der Waals surface area (Å²) in [7, 11) is 1.13. The number of aromatic hydroxyl groups is 2. The molecule has 3 unspecified atom stereocenters. The Labute approximate surface area is 390 Å². The molecule has 5 rings (SSSR count). The van der Waals surface area contributed by atoms with Crippen LogP contribution in [0, 0.1) is 0 Å². The van der Waals surface area contributed by atoms with Crippen molar-refractivity contribution in [2.24, 2.45) is 11.5 Å². The lowest BCUT2D eigenvalue weighted by Crippen LogP contribution is -2.56. The number of phenolic OH excluding ortho intramolecular Hbond substituents is 1. The lowest BCUT2D eigenvalue weighted by atomic mass is 10.1. The van der Waals surface area contributed by atoms with Crippen LogP contribution in [-0.2, 0) is 25.5 Å². The first-order valence-corrected chi connectivity index (χ1v) is 20.9. The Morgan fingerprint density at radius 1 is 0.588 bits per heavy atom. The van der Waals surface area contributed by atoms with Gasteiger partial charge in [-0.3, -0.25) is 28.8 Å². The van der Waals surface area contributed by atoms with Gasteiger partial charge in [0.15, 0.2) is 29.1 Å². The minimum Gasteiger partial charge on any atom is -0.504 e. The van der Waals surface area contributed by atoms with E-state index < -0.39 is 88.9 Å². The number of anilines is 4. The normalized spacial score (nSPS) is 12.2. The van der Waals surface area contributed by atoms with Crippen LogP contribution in [-0.4, -0.2) is 94.2 Å². The van der Waals surface area contributed by atoms with Gasteiger partial charge in [0.1, 0.15) is 11.6 Å². The largest absolute Gasteiger partial charge is 0.504 e. The van der Waals surface area contributed by atoms with E-state index in [1.165, 1.54) is 66.7 Å². The van der Waals surface area contributed by atoms with E-state index in [4.69, 9.17) is 25.7 Å². The number of aromatic carboxylic acids is 1. The van der Waals surface area contributed by atoms with Crippen molar-refractivity contribution in [2.75, 3.05) is 28.4 Å². The number of rotatable bonds is 20. The van der Waals surface area contributed by atoms with Gasteiger partial charge in [0.05, 0.1) is 35.2 Å². The van der Waals surface area contributed by atoms with E-state index in [2.05, 4.69) is 26.6 Å². The van der Waals surface area contributed by atoms with Crippen LogP contribution >= 0.6 is 0 Å². The predicted octanol–water partition coefficient (Wildman–Crippen LogP) is 4.62. The van der Waals surface area contributed by atoms with E-state index in [9.17, 15) is 48.9 Å². The van der Waals surface area contributed by atoms with Crippen LogP contribution in [0.2, 0.25) is 0 Å². The highest BCUT2D eigenvalue weighted by atomic mass is 16.5. The smallest absolute Gasteiger partial charge is 0.339 e. The SMILES string of the molecule is COC(C(N)=O)C(NC(=O)c1ccc(NC(=O)C(N)Cc2ccccc2)cc1)C(=O)Nc1ccc(C(=O)Nc2ccc(C(=O)Nc3ccc(C(=O)O)c(O)c3OC(C)C)c(O)c2OC(C)C)cc1. The molecule has 6 amide bonds. The Morgan fingerprint density at radius 3 is 1.54 bits per heavy atom. The van der Waals surface area contributed by atoms with E-state index >= 15 is 0 Å². The summed E-state index contributed by atoms with van der Waals surface area (Å²) < 4.78 is 16.6. The number of ether oxygens (including phenoxy) is 3. The highest BCUT2D eigenvalue weighted by molar-refractivity contribution is 6.11. The molecule has 12 N–H and O–H groups in total. The van der Waals surface area contributed by atoms with E-state index in [1.807, 2.05) is 30.3 Å². The van der Waals surface area contributed by atoms with Crippen molar-refractivity contribution < 1.29 is 63.1 Å². The first kappa shape index (κ1) is 50.5. The Kier molecular flexibility index (Phi) is 16.8. The molecule has 3 atom stereocenters. The predicted molar refractivity (Wildman–Crippen MR) is 250 cm³/mol. The van der Waals surface area contributed by atoms with Crippen LogP contribution in [0.1, 0.15) is 74.7 Å². The minimum absolute atomic E-state index is 0.0273. The third kappa shape index (κ3) is 12.9. The first-order chi connectivity index (χ1) is 32.3. The zero-order valence-electron chi connectivity index (χ0n) is 37.5. The summed E-state index contributed by atoms with van der Waals surface area (Å²) in [5.74, 6) is -8.13. The summed E-state index contributed by atoms with van der Waals surface area (Å²) in [6, 6.07) is 22.7. The number of phenols is 2. The topological polar surface area (TPSA) is 320 Å². The highest BCUT2D eigenvalue weighted by Gasteiger charge is 2.35. The average Bonchev–Trinajstić information content (AvgIpc) is 3.28. The number of hydrogen-bond donors (Lipinski definition) is 10. The number of primary amides is 1. The van der Waals surface area contributed by atoms with Crippen molar-refractivity contribution in [1.82, 2.24) is 5.32 Å². The maximum atomic E-state index is 13.6. The molecule has 0 aliphatic rings. The third-order valence-electron chi connectivity index (χ3n) is 9.81. The molecule has 0 aliphatic carbocycles. The van der Waals surface area contributed by atoms with E-state index in [-0.39, 0.29) is 45.3 Å². The Hall–Kier alpha value is -8.49. The zero-order valence-corrected chi connectivity index (χ0v) is 37.5. The van der Waals surface area contributed by atoms with Gasteiger partial charge in [-0.2, -0.15) is 0 Å². The maximum absolute atomic E-state index is 13.6. The lowest BCUT2D eigenvalue weighted by molar-refractivity contribution is -0.134. The van der Waals surface area contributed by atoms with Gasteiger partial charge < -0.3 is 67.6 Å². The molecule has 0 bridgehead atoms. The van der Waals surface area contributed by atoms with Crippen LogP contribution < -0.4 is 47.5 Å². The van der Waals surface area contributed by atoms with Crippen LogP contribution in [0.5, 0.6) is 23.0 Å². The van der Waals surface area contributed by atoms with Crippen molar-refractivity contribution in [1.29, 1.82) is 0 Å².